The van der Waals surface area contributed by atoms with Crippen LogP contribution in [-0.2, 0) is 21.0 Å². The summed E-state index contributed by atoms with van der Waals surface area (Å²) in [7, 11) is 3.06. The third kappa shape index (κ3) is 3.24. The fourth-order valence-electron chi connectivity index (χ4n) is 4.49. The van der Waals surface area contributed by atoms with Crippen molar-refractivity contribution in [3.8, 4) is 11.5 Å². The summed E-state index contributed by atoms with van der Waals surface area (Å²) in [6, 6.07) is 18.8. The van der Waals surface area contributed by atoms with E-state index in [9.17, 15) is 14.0 Å². The lowest BCUT2D eigenvalue weighted by atomic mass is 10.0. The summed E-state index contributed by atoms with van der Waals surface area (Å²) < 4.78 is 24.6. The number of carbonyl (C=O) groups excluding carboxylic acids is 2. The Morgan fingerprint density at radius 1 is 0.970 bits per heavy atom. The van der Waals surface area contributed by atoms with Crippen LogP contribution in [0.2, 0.25) is 0 Å². The van der Waals surface area contributed by atoms with E-state index in [-0.39, 0.29) is 29.9 Å². The largest absolute Gasteiger partial charge is 0.493 e. The van der Waals surface area contributed by atoms with Crippen LogP contribution < -0.4 is 19.3 Å². The molecular weight excluding hydrogens is 443 g/mol. The van der Waals surface area contributed by atoms with E-state index in [2.05, 4.69) is 0 Å². The number of amides is 2. The smallest absolute Gasteiger partial charge is 0.269 e. The fraction of sp³-hybridized carbons (Fsp3) is 0.200. The highest BCUT2D eigenvalue weighted by Crippen LogP contribution is 2.56. The lowest BCUT2D eigenvalue weighted by molar-refractivity contribution is -0.123. The molecular formula is C25H21FN2O4S. The number of halogens is 1. The van der Waals surface area contributed by atoms with Gasteiger partial charge < -0.3 is 14.4 Å². The van der Waals surface area contributed by atoms with E-state index in [1.54, 1.807) is 40.1 Å². The second-order valence-electron chi connectivity index (χ2n) is 7.74. The van der Waals surface area contributed by atoms with Gasteiger partial charge in [0, 0.05) is 17.3 Å². The molecule has 0 radical (unpaired) electrons. The number of benzene rings is 3. The number of thioether (sulfide) groups is 1. The van der Waals surface area contributed by atoms with Crippen molar-refractivity contribution in [2.45, 2.75) is 11.4 Å². The zero-order valence-electron chi connectivity index (χ0n) is 18.1. The van der Waals surface area contributed by atoms with Crippen molar-refractivity contribution in [2.24, 2.45) is 0 Å². The van der Waals surface area contributed by atoms with Gasteiger partial charge in [-0.05, 0) is 35.9 Å². The lowest BCUT2D eigenvalue weighted by Gasteiger charge is -2.33. The molecule has 0 aliphatic carbocycles. The number of para-hydroxylation sites is 1. The molecule has 3 aromatic carbocycles. The average Bonchev–Trinajstić information content (AvgIpc) is 3.29. The van der Waals surface area contributed by atoms with Gasteiger partial charge in [-0.15, -0.1) is 11.8 Å². The number of fused-ring (bicyclic) bond motifs is 2. The van der Waals surface area contributed by atoms with Gasteiger partial charge in [-0.25, -0.2) is 4.39 Å². The van der Waals surface area contributed by atoms with Crippen LogP contribution >= 0.6 is 11.8 Å². The molecule has 2 aliphatic rings. The van der Waals surface area contributed by atoms with Gasteiger partial charge in [-0.3, -0.25) is 14.5 Å². The average molecular weight is 465 g/mol. The molecule has 0 saturated carbocycles. The predicted octanol–water partition coefficient (Wildman–Crippen LogP) is 4.32. The van der Waals surface area contributed by atoms with Crippen LogP contribution in [0.15, 0.2) is 66.7 Å². The fourth-order valence-corrected chi connectivity index (χ4v) is 5.85. The first-order chi connectivity index (χ1) is 16.0. The number of hydrogen-bond donors (Lipinski definition) is 0. The topological polar surface area (TPSA) is 59.1 Å². The van der Waals surface area contributed by atoms with Gasteiger partial charge in [0.1, 0.15) is 5.82 Å². The minimum absolute atomic E-state index is 0.155. The first kappa shape index (κ1) is 21.3. The number of carbonyl (C=O) groups is 2. The monoisotopic (exact) mass is 464 g/mol. The zero-order chi connectivity index (χ0) is 23.2. The minimum atomic E-state index is -1.25. The molecule has 33 heavy (non-hydrogen) atoms. The number of ether oxygens (including phenoxy) is 2. The van der Waals surface area contributed by atoms with Crippen LogP contribution in [0.25, 0.3) is 0 Å². The quantitative estimate of drug-likeness (QED) is 0.563. The van der Waals surface area contributed by atoms with Gasteiger partial charge in [-0.2, -0.15) is 0 Å². The Morgan fingerprint density at radius 3 is 2.52 bits per heavy atom. The predicted molar refractivity (Wildman–Crippen MR) is 125 cm³/mol. The van der Waals surface area contributed by atoms with Gasteiger partial charge in [-0.1, -0.05) is 30.3 Å². The van der Waals surface area contributed by atoms with Gasteiger partial charge in [0.05, 0.1) is 32.2 Å². The Morgan fingerprint density at radius 2 is 1.76 bits per heavy atom. The maximum absolute atomic E-state index is 14.0. The minimum Gasteiger partial charge on any atom is -0.493 e. The highest BCUT2D eigenvalue weighted by atomic mass is 32.2. The summed E-state index contributed by atoms with van der Waals surface area (Å²) in [6.45, 7) is 0.198. The number of rotatable bonds is 5. The summed E-state index contributed by atoms with van der Waals surface area (Å²) in [4.78, 5) is 29.1. The van der Waals surface area contributed by atoms with Crippen LogP contribution in [0.4, 0.5) is 15.8 Å². The third-order valence-electron chi connectivity index (χ3n) is 5.92. The summed E-state index contributed by atoms with van der Waals surface area (Å²) in [5, 5.41) is 0. The van der Waals surface area contributed by atoms with Crippen molar-refractivity contribution in [1.82, 2.24) is 0 Å². The molecule has 5 rings (SSSR count). The Hall–Kier alpha value is -3.52. The van der Waals surface area contributed by atoms with E-state index in [1.165, 1.54) is 38.1 Å². The molecule has 168 valence electrons. The number of hydrogen-bond acceptors (Lipinski definition) is 5. The Kier molecular flexibility index (Phi) is 5.25. The summed E-state index contributed by atoms with van der Waals surface area (Å²) >= 11 is 1.29. The molecule has 3 aromatic rings. The summed E-state index contributed by atoms with van der Waals surface area (Å²) in [6.07, 6.45) is 0. The molecule has 1 spiro atoms. The van der Waals surface area contributed by atoms with E-state index in [1.807, 2.05) is 24.3 Å². The van der Waals surface area contributed by atoms with Gasteiger partial charge in [0.25, 0.3) is 5.91 Å². The molecule has 0 N–H and O–H groups in total. The molecule has 2 amide bonds. The maximum Gasteiger partial charge on any atom is 0.269 e. The molecule has 2 aliphatic heterocycles. The molecule has 1 saturated heterocycles. The first-order valence-corrected chi connectivity index (χ1v) is 11.3. The van der Waals surface area contributed by atoms with Crippen molar-refractivity contribution in [1.29, 1.82) is 0 Å². The van der Waals surface area contributed by atoms with Crippen LogP contribution in [0.1, 0.15) is 11.1 Å². The Labute approximate surface area is 194 Å². The molecule has 0 bridgehead atoms. The standard InChI is InChI=1S/C25H21FN2O4S/c1-31-21-11-10-18(13-22(21)32-2)28-23(29)15-33-25(28)19-8-3-4-9-20(19)27(24(25)30)14-16-6-5-7-17(26)12-16/h3-13H,14-15H2,1-2H3/t25-/m0/s1. The molecule has 1 atom stereocenters. The van der Waals surface area contributed by atoms with Gasteiger partial charge in [0.15, 0.2) is 11.5 Å². The van der Waals surface area contributed by atoms with Gasteiger partial charge in [0.2, 0.25) is 10.8 Å². The molecule has 0 aromatic heterocycles. The number of methoxy groups -OCH3 is 2. The Balaban J connectivity index is 1.63. The first-order valence-electron chi connectivity index (χ1n) is 10.3. The normalized spacial score (nSPS) is 19.4. The Bertz CT molecular complexity index is 1270. The SMILES string of the molecule is COc1ccc(N2C(=O)CS[C@@]23C(=O)N(Cc2cccc(F)c2)c2ccccc23)cc1OC. The third-order valence-corrected chi connectivity index (χ3v) is 7.30. The van der Waals surface area contributed by atoms with Crippen LogP contribution in [0.5, 0.6) is 11.5 Å². The highest BCUT2D eigenvalue weighted by molar-refractivity contribution is 8.02. The van der Waals surface area contributed by atoms with Crippen molar-refractivity contribution >= 4 is 35.0 Å². The van der Waals surface area contributed by atoms with E-state index in [4.69, 9.17) is 9.47 Å². The van der Waals surface area contributed by atoms with Crippen LogP contribution in [-0.4, -0.2) is 31.8 Å². The van der Waals surface area contributed by atoms with Crippen molar-refractivity contribution < 1.29 is 23.5 Å². The molecule has 2 heterocycles. The van der Waals surface area contributed by atoms with E-state index < -0.39 is 4.87 Å². The summed E-state index contributed by atoms with van der Waals surface area (Å²) in [5.41, 5.74) is 2.65. The van der Waals surface area contributed by atoms with E-state index >= 15 is 0 Å². The molecule has 8 heteroatoms. The van der Waals surface area contributed by atoms with E-state index in [0.29, 0.717) is 28.4 Å². The lowest BCUT2D eigenvalue weighted by Crippen LogP contribution is -2.49. The van der Waals surface area contributed by atoms with Crippen LogP contribution in [0, 0.1) is 5.82 Å². The molecule has 6 nitrogen and oxygen atoms in total. The second kappa shape index (κ2) is 8.12. The molecule has 1 fully saturated rings. The van der Waals surface area contributed by atoms with Crippen LogP contribution in [0.3, 0.4) is 0 Å². The van der Waals surface area contributed by atoms with Crippen molar-refractivity contribution in [3.05, 3.63) is 83.7 Å². The van der Waals surface area contributed by atoms with Crippen molar-refractivity contribution in [2.75, 3.05) is 29.8 Å². The second-order valence-corrected chi connectivity index (χ2v) is 8.91. The molecule has 0 unspecified atom stereocenters. The maximum atomic E-state index is 14.0. The summed E-state index contributed by atoms with van der Waals surface area (Å²) in [5.74, 6) is 0.370. The van der Waals surface area contributed by atoms with Crippen molar-refractivity contribution in [3.63, 3.8) is 0 Å². The number of anilines is 2. The van der Waals surface area contributed by atoms with E-state index in [0.717, 1.165) is 5.56 Å². The zero-order valence-corrected chi connectivity index (χ0v) is 18.9. The highest BCUT2D eigenvalue weighted by Gasteiger charge is 2.61. The number of nitrogens with zero attached hydrogens (tertiary/aromatic N) is 2. The van der Waals surface area contributed by atoms with Gasteiger partial charge >= 0.3 is 0 Å².